The van der Waals surface area contributed by atoms with Crippen LogP contribution in [-0.2, 0) is 11.8 Å². The normalized spacial score (nSPS) is 12.1. The summed E-state index contributed by atoms with van der Waals surface area (Å²) in [7, 11) is 3.12. The highest BCUT2D eigenvalue weighted by atomic mass is 19.4. The average Bonchev–Trinajstić information content (AvgIpc) is 2.57. The number of hydrogen-bond donors (Lipinski definition) is 1. The van der Waals surface area contributed by atoms with Crippen LogP contribution in [0.15, 0.2) is 6.08 Å². The number of alkyl halides is 3. The van der Waals surface area contributed by atoms with Gasteiger partial charge in [-0.25, -0.2) is 4.79 Å². The lowest BCUT2D eigenvalue weighted by Gasteiger charge is -2.21. The molecule has 0 fully saturated rings. The predicted molar refractivity (Wildman–Crippen MR) is 68.6 cm³/mol. The molecule has 8 heteroatoms. The predicted octanol–water partition coefficient (Wildman–Crippen LogP) is 2.21. The summed E-state index contributed by atoms with van der Waals surface area (Å²) in [4.78, 5) is 12.0. The maximum Gasteiger partial charge on any atom is 0.390 e. The first-order valence-corrected chi connectivity index (χ1v) is 5.84. The van der Waals surface area contributed by atoms with Gasteiger partial charge in [0.15, 0.2) is 0 Å². The van der Waals surface area contributed by atoms with E-state index in [9.17, 15) is 18.0 Å². The second-order valence-electron chi connectivity index (χ2n) is 4.40. The molecule has 5 nitrogen and oxygen atoms in total. The number of rotatable bonds is 5. The zero-order valence-corrected chi connectivity index (χ0v) is 11.4. The molecule has 112 valence electrons. The Morgan fingerprint density at radius 1 is 1.50 bits per heavy atom. The number of carboxylic acids is 1. The van der Waals surface area contributed by atoms with Gasteiger partial charge < -0.3 is 10.0 Å². The molecule has 0 amide bonds. The number of halogens is 3. The molecule has 1 rings (SSSR count). The molecule has 0 bridgehead atoms. The lowest BCUT2D eigenvalue weighted by Crippen LogP contribution is -2.26. The highest BCUT2D eigenvalue weighted by Crippen LogP contribution is 2.26. The molecule has 20 heavy (non-hydrogen) atoms. The number of aryl methyl sites for hydroxylation is 2. The van der Waals surface area contributed by atoms with Crippen molar-refractivity contribution in [2.45, 2.75) is 19.5 Å². The largest absolute Gasteiger partial charge is 0.478 e. The van der Waals surface area contributed by atoms with Gasteiger partial charge in [-0.3, -0.25) is 4.68 Å². The van der Waals surface area contributed by atoms with Gasteiger partial charge in [-0.1, -0.05) is 0 Å². The van der Waals surface area contributed by atoms with Crippen LogP contribution in [0.4, 0.5) is 19.0 Å². The third-order valence-electron chi connectivity index (χ3n) is 2.72. The van der Waals surface area contributed by atoms with Gasteiger partial charge in [0.05, 0.1) is 12.1 Å². The van der Waals surface area contributed by atoms with Crippen molar-refractivity contribution < 1.29 is 23.1 Å². The number of anilines is 1. The van der Waals surface area contributed by atoms with Crippen LogP contribution in [0.2, 0.25) is 0 Å². The summed E-state index contributed by atoms with van der Waals surface area (Å²) in [6, 6.07) is 0. The van der Waals surface area contributed by atoms with Gasteiger partial charge in [0.2, 0.25) is 0 Å². The lowest BCUT2D eigenvalue weighted by molar-refractivity contribution is -0.132. The topological polar surface area (TPSA) is 58.4 Å². The Kier molecular flexibility index (Phi) is 4.80. The summed E-state index contributed by atoms with van der Waals surface area (Å²) in [6.45, 7) is 1.44. The maximum absolute atomic E-state index is 12.3. The van der Waals surface area contributed by atoms with Crippen molar-refractivity contribution in [1.29, 1.82) is 0 Å². The molecule has 0 aliphatic rings. The van der Waals surface area contributed by atoms with Crippen LogP contribution in [0.3, 0.4) is 0 Å². The Balaban J connectivity index is 3.01. The molecule has 0 radical (unpaired) electrons. The van der Waals surface area contributed by atoms with Gasteiger partial charge in [-0.05, 0) is 13.0 Å². The molecule has 0 aliphatic heterocycles. The van der Waals surface area contributed by atoms with Crippen molar-refractivity contribution in [1.82, 2.24) is 9.78 Å². The number of nitrogens with zero attached hydrogens (tertiary/aromatic N) is 3. The Morgan fingerprint density at radius 2 is 2.10 bits per heavy atom. The summed E-state index contributed by atoms with van der Waals surface area (Å²) in [5, 5.41) is 12.7. The van der Waals surface area contributed by atoms with Gasteiger partial charge in [0, 0.05) is 32.3 Å². The van der Waals surface area contributed by atoms with Gasteiger partial charge in [-0.15, -0.1) is 0 Å². The van der Waals surface area contributed by atoms with Crippen LogP contribution in [0.1, 0.15) is 17.7 Å². The molecule has 0 spiro atoms. The third kappa shape index (κ3) is 4.29. The van der Waals surface area contributed by atoms with Crippen molar-refractivity contribution in [3.05, 3.63) is 17.3 Å². The highest BCUT2D eigenvalue weighted by Gasteiger charge is 2.28. The van der Waals surface area contributed by atoms with Gasteiger partial charge in [-0.2, -0.15) is 18.3 Å². The standard InChI is InChI=1S/C12H16F3N3O2/c1-8-9(4-5-10(19)20)11(18(3)16-8)17(2)7-6-12(13,14)15/h4-5H,6-7H2,1-3H3,(H,19,20). The van der Waals surface area contributed by atoms with Crippen molar-refractivity contribution in [2.24, 2.45) is 7.05 Å². The number of carbonyl (C=O) groups is 1. The first-order valence-electron chi connectivity index (χ1n) is 5.84. The summed E-state index contributed by atoms with van der Waals surface area (Å²) < 4.78 is 38.2. The minimum Gasteiger partial charge on any atom is -0.478 e. The zero-order valence-electron chi connectivity index (χ0n) is 11.4. The molecular weight excluding hydrogens is 275 g/mol. The second-order valence-corrected chi connectivity index (χ2v) is 4.40. The van der Waals surface area contributed by atoms with E-state index in [1.165, 1.54) is 22.7 Å². The van der Waals surface area contributed by atoms with Crippen LogP contribution in [0, 0.1) is 6.92 Å². The van der Waals surface area contributed by atoms with Gasteiger partial charge in [0.25, 0.3) is 0 Å². The second kappa shape index (κ2) is 5.98. The van der Waals surface area contributed by atoms with Crippen molar-refractivity contribution >= 4 is 17.9 Å². The fourth-order valence-corrected chi connectivity index (χ4v) is 1.87. The van der Waals surface area contributed by atoms with E-state index < -0.39 is 18.6 Å². The Bertz CT molecular complexity index is 521. The van der Waals surface area contributed by atoms with E-state index in [2.05, 4.69) is 5.10 Å². The number of hydrogen-bond acceptors (Lipinski definition) is 3. The minimum atomic E-state index is -4.24. The van der Waals surface area contributed by atoms with Crippen molar-refractivity contribution in [3.8, 4) is 0 Å². The number of carboxylic acid groups (broad SMARTS) is 1. The third-order valence-corrected chi connectivity index (χ3v) is 2.72. The van der Waals surface area contributed by atoms with Gasteiger partial charge in [0.1, 0.15) is 5.82 Å². The fraction of sp³-hybridized carbons (Fsp3) is 0.500. The molecule has 0 saturated carbocycles. The molecule has 1 N–H and O–H groups in total. The summed E-state index contributed by atoms with van der Waals surface area (Å²) in [5.74, 6) is -0.679. The summed E-state index contributed by atoms with van der Waals surface area (Å²) in [5.41, 5.74) is 1.05. The summed E-state index contributed by atoms with van der Waals surface area (Å²) >= 11 is 0. The Morgan fingerprint density at radius 3 is 2.60 bits per heavy atom. The molecule has 1 aromatic rings. The first kappa shape index (κ1) is 16.1. The number of aliphatic carboxylic acids is 1. The maximum atomic E-state index is 12.3. The Hall–Kier alpha value is -1.99. The average molecular weight is 291 g/mol. The molecule has 0 atom stereocenters. The highest BCUT2D eigenvalue weighted by molar-refractivity contribution is 5.87. The van der Waals surface area contributed by atoms with E-state index in [4.69, 9.17) is 5.11 Å². The van der Waals surface area contributed by atoms with E-state index >= 15 is 0 Å². The molecule has 1 heterocycles. The van der Waals surface area contributed by atoms with Crippen LogP contribution in [0.5, 0.6) is 0 Å². The van der Waals surface area contributed by atoms with Crippen LogP contribution < -0.4 is 4.90 Å². The molecule has 0 aromatic carbocycles. The quantitative estimate of drug-likeness (QED) is 0.845. The smallest absolute Gasteiger partial charge is 0.390 e. The van der Waals surface area contributed by atoms with Crippen LogP contribution in [0.25, 0.3) is 6.08 Å². The number of aromatic nitrogens is 2. The van der Waals surface area contributed by atoms with E-state index in [-0.39, 0.29) is 6.54 Å². The van der Waals surface area contributed by atoms with E-state index in [1.54, 1.807) is 14.0 Å². The monoisotopic (exact) mass is 291 g/mol. The molecule has 0 unspecified atom stereocenters. The minimum absolute atomic E-state index is 0.226. The van der Waals surface area contributed by atoms with E-state index in [0.717, 1.165) is 6.08 Å². The van der Waals surface area contributed by atoms with Crippen molar-refractivity contribution in [2.75, 3.05) is 18.5 Å². The first-order chi connectivity index (χ1) is 9.11. The summed E-state index contributed by atoms with van der Waals surface area (Å²) in [6.07, 6.45) is -2.91. The molecule has 0 aliphatic carbocycles. The Labute approximate surface area is 114 Å². The van der Waals surface area contributed by atoms with Crippen molar-refractivity contribution in [3.63, 3.8) is 0 Å². The van der Waals surface area contributed by atoms with Crippen LogP contribution >= 0.6 is 0 Å². The molecule has 0 saturated heterocycles. The lowest BCUT2D eigenvalue weighted by atomic mass is 10.2. The SMILES string of the molecule is Cc1nn(C)c(N(C)CCC(F)(F)F)c1C=CC(=O)O. The molecule has 1 aromatic heterocycles. The van der Waals surface area contributed by atoms with E-state index in [0.29, 0.717) is 17.1 Å². The molecular formula is C12H16F3N3O2. The van der Waals surface area contributed by atoms with Crippen LogP contribution in [-0.4, -0.2) is 40.6 Å². The van der Waals surface area contributed by atoms with Gasteiger partial charge >= 0.3 is 12.1 Å². The fourth-order valence-electron chi connectivity index (χ4n) is 1.87. The van der Waals surface area contributed by atoms with E-state index in [1.807, 2.05) is 0 Å². The zero-order chi connectivity index (χ0) is 15.5.